The Balaban J connectivity index is 1.80. The Labute approximate surface area is 171 Å². The number of carbonyl (C=O) groups excluding carboxylic acids is 2. The Morgan fingerprint density at radius 1 is 1.00 bits per heavy atom. The van der Waals surface area contributed by atoms with Crippen LogP contribution in [0.15, 0.2) is 71.7 Å². The fourth-order valence-corrected chi connectivity index (χ4v) is 2.84. The molecule has 0 spiro atoms. The van der Waals surface area contributed by atoms with Crippen LogP contribution >= 0.6 is 0 Å². The van der Waals surface area contributed by atoms with E-state index in [-0.39, 0.29) is 29.3 Å². The molecule has 0 aliphatic carbocycles. The highest BCUT2D eigenvalue weighted by molar-refractivity contribution is 6.04. The summed E-state index contributed by atoms with van der Waals surface area (Å²) in [5.74, 6) is -0.672. The average Bonchev–Trinajstić information content (AvgIpc) is 2.69. The summed E-state index contributed by atoms with van der Waals surface area (Å²) in [7, 11) is 0. The lowest BCUT2D eigenvalue weighted by Crippen LogP contribution is -2.22. The van der Waals surface area contributed by atoms with Crippen molar-refractivity contribution < 1.29 is 14.5 Å². The summed E-state index contributed by atoms with van der Waals surface area (Å²) in [5, 5.41) is 16.3. The van der Waals surface area contributed by atoms with Crippen molar-refractivity contribution in [3.05, 3.63) is 98.5 Å². The lowest BCUT2D eigenvalue weighted by atomic mass is 10.2. The van der Waals surface area contributed by atoms with E-state index in [0.717, 1.165) is 0 Å². The highest BCUT2D eigenvalue weighted by atomic mass is 16.6. The van der Waals surface area contributed by atoms with E-state index in [1.54, 1.807) is 30.3 Å². The normalized spacial score (nSPS) is 10.3. The second-order valence-electron chi connectivity index (χ2n) is 6.53. The monoisotopic (exact) mass is 406 g/mol. The summed E-state index contributed by atoms with van der Waals surface area (Å²) in [6, 6.07) is 15.3. The van der Waals surface area contributed by atoms with Gasteiger partial charge in [0.1, 0.15) is 0 Å². The van der Waals surface area contributed by atoms with Gasteiger partial charge in [-0.05, 0) is 29.8 Å². The molecule has 3 rings (SSSR count). The Bertz CT molecular complexity index is 1190. The first kappa shape index (κ1) is 20.5. The molecule has 1 heterocycles. The quantitative estimate of drug-likeness (QED) is 0.481. The minimum atomic E-state index is -0.509. The molecule has 9 nitrogen and oxygen atoms in total. The van der Waals surface area contributed by atoms with Crippen molar-refractivity contribution in [3.63, 3.8) is 0 Å². The van der Waals surface area contributed by atoms with Crippen LogP contribution in [0.5, 0.6) is 0 Å². The lowest BCUT2D eigenvalue weighted by molar-refractivity contribution is -0.384. The van der Waals surface area contributed by atoms with E-state index in [1.807, 2.05) is 0 Å². The molecule has 152 valence electrons. The van der Waals surface area contributed by atoms with E-state index in [9.17, 15) is 24.5 Å². The molecule has 0 aliphatic heterocycles. The molecule has 0 fully saturated rings. The minimum absolute atomic E-state index is 0.0755. The predicted octanol–water partition coefficient (Wildman–Crippen LogP) is 3.02. The molecule has 9 heteroatoms. The number of anilines is 2. The molecule has 0 atom stereocenters. The van der Waals surface area contributed by atoms with Gasteiger partial charge in [-0.1, -0.05) is 18.2 Å². The highest BCUT2D eigenvalue weighted by Gasteiger charge is 2.11. The van der Waals surface area contributed by atoms with Crippen molar-refractivity contribution in [1.29, 1.82) is 0 Å². The Kier molecular flexibility index (Phi) is 6.02. The van der Waals surface area contributed by atoms with Gasteiger partial charge in [0.15, 0.2) is 0 Å². The fourth-order valence-electron chi connectivity index (χ4n) is 2.84. The number of aromatic nitrogens is 1. The molecule has 0 saturated heterocycles. The molecule has 0 unspecified atom stereocenters. The highest BCUT2D eigenvalue weighted by Crippen LogP contribution is 2.17. The van der Waals surface area contributed by atoms with Crippen LogP contribution in [-0.4, -0.2) is 21.3 Å². The average molecular weight is 406 g/mol. The maximum absolute atomic E-state index is 12.6. The van der Waals surface area contributed by atoms with Gasteiger partial charge in [0.2, 0.25) is 5.91 Å². The van der Waals surface area contributed by atoms with Crippen molar-refractivity contribution in [1.82, 2.24) is 4.57 Å². The molecule has 3 aromatic rings. The number of benzene rings is 2. The van der Waals surface area contributed by atoms with E-state index in [2.05, 4.69) is 10.6 Å². The van der Waals surface area contributed by atoms with Crippen LogP contribution in [0.2, 0.25) is 0 Å². The predicted molar refractivity (Wildman–Crippen MR) is 112 cm³/mol. The molecule has 0 saturated carbocycles. The zero-order valence-electron chi connectivity index (χ0n) is 16.0. The van der Waals surface area contributed by atoms with E-state index < -0.39 is 10.8 Å². The number of nitro groups is 1. The minimum Gasteiger partial charge on any atom is -0.326 e. The molecule has 0 radical (unpaired) electrons. The number of rotatable bonds is 6. The summed E-state index contributed by atoms with van der Waals surface area (Å²) in [6.45, 7) is 1.47. The van der Waals surface area contributed by atoms with E-state index in [4.69, 9.17) is 0 Å². The van der Waals surface area contributed by atoms with Crippen molar-refractivity contribution >= 4 is 28.9 Å². The summed E-state index contributed by atoms with van der Waals surface area (Å²) >= 11 is 0. The van der Waals surface area contributed by atoms with E-state index in [1.165, 1.54) is 48.0 Å². The zero-order valence-corrected chi connectivity index (χ0v) is 16.0. The van der Waals surface area contributed by atoms with Gasteiger partial charge in [0, 0.05) is 42.7 Å². The van der Waals surface area contributed by atoms with Crippen LogP contribution in [0.4, 0.5) is 17.1 Å². The van der Waals surface area contributed by atoms with Gasteiger partial charge in [-0.2, -0.15) is 0 Å². The molecular weight excluding hydrogens is 388 g/mol. The van der Waals surface area contributed by atoms with Crippen LogP contribution in [0.1, 0.15) is 22.8 Å². The van der Waals surface area contributed by atoms with Crippen LogP contribution in [0.3, 0.4) is 0 Å². The van der Waals surface area contributed by atoms with Gasteiger partial charge < -0.3 is 15.2 Å². The van der Waals surface area contributed by atoms with Crippen LogP contribution < -0.4 is 16.2 Å². The first-order valence-corrected chi connectivity index (χ1v) is 8.94. The molecule has 2 aromatic carbocycles. The van der Waals surface area contributed by atoms with E-state index >= 15 is 0 Å². The first-order valence-electron chi connectivity index (χ1n) is 8.94. The summed E-state index contributed by atoms with van der Waals surface area (Å²) in [5.41, 5.74) is 1.40. The SMILES string of the molecule is CC(=O)Nc1cccc(NC(=O)c2ccc(=O)n(Cc3cccc([N+](=O)[O-])c3)c2)c1. The molecule has 0 bridgehead atoms. The third-order valence-electron chi connectivity index (χ3n) is 4.16. The second kappa shape index (κ2) is 8.82. The molecule has 2 amide bonds. The fraction of sp³-hybridized carbons (Fsp3) is 0.0952. The van der Waals surface area contributed by atoms with Crippen molar-refractivity contribution in [3.8, 4) is 0 Å². The summed E-state index contributed by atoms with van der Waals surface area (Å²) in [6.07, 6.45) is 1.40. The molecule has 30 heavy (non-hydrogen) atoms. The topological polar surface area (TPSA) is 123 Å². The Morgan fingerprint density at radius 2 is 1.70 bits per heavy atom. The standard InChI is InChI=1S/C21H18N4O5/c1-14(26)22-17-5-3-6-18(11-17)23-21(28)16-8-9-20(27)24(13-16)12-15-4-2-7-19(10-15)25(29)30/h2-11,13H,12H2,1H3,(H,22,26)(H,23,28). The van der Waals surface area contributed by atoms with Crippen LogP contribution in [0.25, 0.3) is 0 Å². The Morgan fingerprint density at radius 3 is 2.40 bits per heavy atom. The van der Waals surface area contributed by atoms with E-state index in [0.29, 0.717) is 16.9 Å². The zero-order chi connectivity index (χ0) is 21.7. The molecule has 1 aromatic heterocycles. The first-order chi connectivity index (χ1) is 14.3. The Hall–Kier alpha value is -4.27. The third kappa shape index (κ3) is 5.16. The number of pyridine rings is 1. The number of hydrogen-bond donors (Lipinski definition) is 2. The molecule has 0 aliphatic rings. The number of non-ortho nitro benzene ring substituents is 1. The second-order valence-corrected chi connectivity index (χ2v) is 6.53. The maximum Gasteiger partial charge on any atom is 0.269 e. The number of amides is 2. The van der Waals surface area contributed by atoms with Gasteiger partial charge in [-0.15, -0.1) is 0 Å². The molecular formula is C21H18N4O5. The van der Waals surface area contributed by atoms with Crippen molar-refractivity contribution in [2.24, 2.45) is 0 Å². The van der Waals surface area contributed by atoms with Gasteiger partial charge in [0.25, 0.3) is 17.2 Å². The summed E-state index contributed by atoms with van der Waals surface area (Å²) in [4.78, 5) is 46.4. The third-order valence-corrected chi connectivity index (χ3v) is 4.16. The van der Waals surface area contributed by atoms with Gasteiger partial charge in [0.05, 0.1) is 17.0 Å². The van der Waals surface area contributed by atoms with Crippen LogP contribution in [-0.2, 0) is 11.3 Å². The maximum atomic E-state index is 12.6. The number of nitrogens with one attached hydrogen (secondary N) is 2. The van der Waals surface area contributed by atoms with Gasteiger partial charge >= 0.3 is 0 Å². The van der Waals surface area contributed by atoms with Crippen molar-refractivity contribution in [2.75, 3.05) is 10.6 Å². The summed E-state index contributed by atoms with van der Waals surface area (Å²) < 4.78 is 1.31. The number of carbonyl (C=O) groups is 2. The lowest BCUT2D eigenvalue weighted by Gasteiger charge is -2.10. The number of nitrogens with zero attached hydrogens (tertiary/aromatic N) is 2. The van der Waals surface area contributed by atoms with Gasteiger partial charge in [-0.3, -0.25) is 24.5 Å². The largest absolute Gasteiger partial charge is 0.326 e. The molecule has 2 N–H and O–H groups in total. The number of nitro benzene ring substituents is 1. The van der Waals surface area contributed by atoms with Gasteiger partial charge in [-0.25, -0.2) is 0 Å². The van der Waals surface area contributed by atoms with Crippen molar-refractivity contribution in [2.45, 2.75) is 13.5 Å². The smallest absolute Gasteiger partial charge is 0.269 e. The van der Waals surface area contributed by atoms with Crippen LogP contribution in [0, 0.1) is 10.1 Å². The number of hydrogen-bond acceptors (Lipinski definition) is 5.